The molecule has 7 heteroatoms. The number of rotatable bonds is 2. The van der Waals surface area contributed by atoms with E-state index in [-0.39, 0.29) is 16.7 Å². The van der Waals surface area contributed by atoms with Crippen LogP contribution in [0.1, 0.15) is 29.5 Å². The van der Waals surface area contributed by atoms with Crippen LogP contribution in [0.5, 0.6) is 0 Å². The van der Waals surface area contributed by atoms with Gasteiger partial charge in [-0.3, -0.25) is 4.79 Å². The first kappa shape index (κ1) is 18.7. The minimum Gasteiger partial charge on any atom is -0.355 e. The Balaban J connectivity index is 1.44. The molecule has 6 nitrogen and oxygen atoms in total. The number of fused-ring (bicyclic) bond motifs is 1. The van der Waals surface area contributed by atoms with Crippen LogP contribution >= 0.6 is 0 Å². The molecule has 28 heavy (non-hydrogen) atoms. The minimum atomic E-state index is -3.62. The monoisotopic (exact) mass is 397 g/mol. The molecule has 0 radical (unpaired) electrons. The fraction of sp³-hybridized carbons (Fsp3) is 0.333. The zero-order chi connectivity index (χ0) is 19.9. The molecule has 1 amide bonds. The highest BCUT2D eigenvalue weighted by atomic mass is 32.2. The van der Waals surface area contributed by atoms with E-state index < -0.39 is 10.0 Å². The van der Waals surface area contributed by atoms with Crippen LogP contribution in [0.25, 0.3) is 0 Å². The van der Waals surface area contributed by atoms with Gasteiger partial charge in [0.2, 0.25) is 5.91 Å². The molecular formula is C21H23N3O3S. The number of carbonyl (C=O) groups excluding carboxylic acids is 1. The van der Waals surface area contributed by atoms with Crippen molar-refractivity contribution >= 4 is 27.5 Å². The predicted octanol–water partition coefficient (Wildman–Crippen LogP) is 3.10. The van der Waals surface area contributed by atoms with Crippen molar-refractivity contribution in [1.29, 1.82) is 0 Å². The van der Waals surface area contributed by atoms with Crippen molar-refractivity contribution in [3.8, 4) is 0 Å². The molecule has 2 aliphatic rings. The molecule has 1 N–H and O–H groups in total. The summed E-state index contributed by atoms with van der Waals surface area (Å²) in [5, 5.41) is 3.05. The van der Waals surface area contributed by atoms with Crippen molar-refractivity contribution in [2.75, 3.05) is 18.4 Å². The lowest BCUT2D eigenvalue weighted by Gasteiger charge is -2.32. The number of hydrogen-bond acceptors (Lipinski definition) is 4. The quantitative estimate of drug-likeness (QED) is 0.845. The van der Waals surface area contributed by atoms with Crippen molar-refractivity contribution in [1.82, 2.24) is 4.90 Å². The van der Waals surface area contributed by atoms with E-state index in [2.05, 4.69) is 9.71 Å². The Morgan fingerprint density at radius 1 is 1.07 bits per heavy atom. The van der Waals surface area contributed by atoms with E-state index in [4.69, 9.17) is 0 Å². The Labute approximate surface area is 165 Å². The van der Waals surface area contributed by atoms with Gasteiger partial charge in [-0.05, 0) is 56.0 Å². The number of nitrogens with one attached hydrogen (secondary N) is 1. The highest BCUT2D eigenvalue weighted by molar-refractivity contribution is 7.90. The largest absolute Gasteiger partial charge is 0.355 e. The van der Waals surface area contributed by atoms with Gasteiger partial charge in [0, 0.05) is 30.3 Å². The summed E-state index contributed by atoms with van der Waals surface area (Å²) in [6, 6.07) is 12.8. The van der Waals surface area contributed by atoms with E-state index >= 15 is 0 Å². The summed E-state index contributed by atoms with van der Waals surface area (Å²) in [5.74, 6) is 0.434. The number of aryl methyl sites for hydroxylation is 1. The van der Waals surface area contributed by atoms with Gasteiger partial charge in [0.1, 0.15) is 4.90 Å². The van der Waals surface area contributed by atoms with Gasteiger partial charge in [-0.1, -0.05) is 24.3 Å². The standard InChI is InChI=1S/C21H23N3O3S/c1-14-6-5-8-18(15(14)2)22-21(25)16-10-12-24(13-11-16)20-17-7-3-4-9-19(17)28(26,27)23-20/h3-9,16H,10-13H2,1-2H3,(H,22,25). The summed E-state index contributed by atoms with van der Waals surface area (Å²) in [6.45, 7) is 5.24. The van der Waals surface area contributed by atoms with Crippen molar-refractivity contribution in [2.45, 2.75) is 31.6 Å². The molecular weight excluding hydrogens is 374 g/mol. The fourth-order valence-corrected chi connectivity index (χ4v) is 5.02. The Kier molecular flexibility index (Phi) is 4.71. The Morgan fingerprint density at radius 3 is 2.54 bits per heavy atom. The summed E-state index contributed by atoms with van der Waals surface area (Å²) in [5.41, 5.74) is 3.73. The van der Waals surface area contributed by atoms with E-state index in [0.717, 1.165) is 16.8 Å². The fourth-order valence-electron chi connectivity index (χ4n) is 3.79. The third-order valence-corrected chi connectivity index (χ3v) is 6.97. The summed E-state index contributed by atoms with van der Waals surface area (Å²) >= 11 is 0. The zero-order valence-corrected chi connectivity index (χ0v) is 16.8. The molecule has 0 unspecified atom stereocenters. The van der Waals surface area contributed by atoms with Gasteiger partial charge >= 0.3 is 0 Å². The highest BCUT2D eigenvalue weighted by Gasteiger charge is 2.34. The number of piperidine rings is 1. The number of anilines is 1. The SMILES string of the molecule is Cc1cccc(NC(=O)C2CCN(C3=NS(=O)(=O)c4ccccc43)CC2)c1C. The summed E-state index contributed by atoms with van der Waals surface area (Å²) < 4.78 is 28.5. The third kappa shape index (κ3) is 3.30. The van der Waals surface area contributed by atoms with Crippen molar-refractivity contribution < 1.29 is 13.2 Å². The third-order valence-electron chi connectivity index (χ3n) is 5.64. The van der Waals surface area contributed by atoms with E-state index in [0.29, 0.717) is 37.3 Å². The minimum absolute atomic E-state index is 0.0229. The van der Waals surface area contributed by atoms with E-state index in [1.54, 1.807) is 18.2 Å². The van der Waals surface area contributed by atoms with Crippen LogP contribution in [0.3, 0.4) is 0 Å². The first-order chi connectivity index (χ1) is 13.4. The van der Waals surface area contributed by atoms with Crippen LogP contribution in [-0.2, 0) is 14.8 Å². The van der Waals surface area contributed by atoms with Gasteiger partial charge in [-0.2, -0.15) is 8.42 Å². The molecule has 146 valence electrons. The van der Waals surface area contributed by atoms with Crippen molar-refractivity contribution in [3.05, 3.63) is 59.2 Å². The molecule has 2 heterocycles. The number of amidine groups is 1. The van der Waals surface area contributed by atoms with Crippen LogP contribution in [0.15, 0.2) is 51.8 Å². The predicted molar refractivity (Wildman–Crippen MR) is 109 cm³/mol. The number of amides is 1. The van der Waals surface area contributed by atoms with Crippen LogP contribution in [0.4, 0.5) is 5.69 Å². The molecule has 0 spiro atoms. The summed E-state index contributed by atoms with van der Waals surface area (Å²) in [4.78, 5) is 14.9. The molecule has 0 aliphatic carbocycles. The lowest BCUT2D eigenvalue weighted by atomic mass is 9.95. The van der Waals surface area contributed by atoms with Gasteiger partial charge in [0.05, 0.1) is 0 Å². The lowest BCUT2D eigenvalue weighted by molar-refractivity contribution is -0.121. The molecule has 0 saturated carbocycles. The molecule has 0 atom stereocenters. The van der Waals surface area contributed by atoms with Crippen molar-refractivity contribution in [3.63, 3.8) is 0 Å². The second-order valence-electron chi connectivity index (χ2n) is 7.38. The van der Waals surface area contributed by atoms with Crippen LogP contribution in [0.2, 0.25) is 0 Å². The van der Waals surface area contributed by atoms with Crippen molar-refractivity contribution in [2.24, 2.45) is 10.3 Å². The number of nitrogens with zero attached hydrogens (tertiary/aromatic N) is 2. The summed E-state index contributed by atoms with van der Waals surface area (Å²) in [6.07, 6.45) is 1.33. The Bertz CT molecular complexity index is 1070. The maximum Gasteiger partial charge on any atom is 0.285 e. The molecule has 4 rings (SSSR count). The van der Waals surface area contributed by atoms with E-state index in [1.807, 2.05) is 43.0 Å². The molecule has 2 aromatic rings. The average Bonchev–Trinajstić information content (AvgIpc) is 2.97. The maximum atomic E-state index is 12.7. The summed E-state index contributed by atoms with van der Waals surface area (Å²) in [7, 11) is -3.62. The zero-order valence-electron chi connectivity index (χ0n) is 16.0. The molecule has 0 aromatic heterocycles. The normalized spacial score (nSPS) is 18.5. The second kappa shape index (κ2) is 7.05. The number of carbonyl (C=O) groups is 1. The highest BCUT2D eigenvalue weighted by Crippen LogP contribution is 2.30. The Morgan fingerprint density at radius 2 is 1.79 bits per heavy atom. The second-order valence-corrected chi connectivity index (χ2v) is 8.96. The molecule has 2 aliphatic heterocycles. The Hall–Kier alpha value is -2.67. The van der Waals surface area contributed by atoms with E-state index in [1.165, 1.54) is 0 Å². The van der Waals surface area contributed by atoms with Crippen LogP contribution in [0, 0.1) is 19.8 Å². The van der Waals surface area contributed by atoms with Gasteiger partial charge in [0.25, 0.3) is 10.0 Å². The van der Waals surface area contributed by atoms with Crippen LogP contribution < -0.4 is 5.32 Å². The number of hydrogen-bond donors (Lipinski definition) is 1. The first-order valence-corrected chi connectivity index (χ1v) is 10.9. The average molecular weight is 398 g/mol. The number of benzene rings is 2. The lowest BCUT2D eigenvalue weighted by Crippen LogP contribution is -2.41. The first-order valence-electron chi connectivity index (χ1n) is 9.43. The molecule has 1 fully saturated rings. The van der Waals surface area contributed by atoms with Gasteiger partial charge in [0.15, 0.2) is 5.84 Å². The van der Waals surface area contributed by atoms with Crippen LogP contribution in [-0.4, -0.2) is 38.2 Å². The smallest absolute Gasteiger partial charge is 0.285 e. The molecule has 2 aromatic carbocycles. The van der Waals surface area contributed by atoms with E-state index in [9.17, 15) is 13.2 Å². The van der Waals surface area contributed by atoms with Gasteiger partial charge < -0.3 is 10.2 Å². The topological polar surface area (TPSA) is 78.8 Å². The maximum absolute atomic E-state index is 12.7. The molecule has 1 saturated heterocycles. The van der Waals surface area contributed by atoms with Gasteiger partial charge in [-0.15, -0.1) is 4.40 Å². The number of sulfonamides is 1. The number of likely N-dealkylation sites (tertiary alicyclic amines) is 1. The molecule has 0 bridgehead atoms. The van der Waals surface area contributed by atoms with Gasteiger partial charge in [-0.25, -0.2) is 0 Å².